The standard InChI is InChI=1S/C32H40ClNO5/c1-38-30(21-4-2-6-25(35)15-21)26-10-7-23(26)17-34-18-32(13-3-5-20-14-24(33)9-11-27(20)32)19-39-29-12-8-22(31(36)37)16-28(29)34/h8-9,11-12,14,16,21,23,25-26,30,35H,2-7,10,13,15,17-19H2,1H3,(H,36,37)/t21-,23-,25+,26+,30?,32?/m0/s1. The Bertz CT molecular complexity index is 1220. The van der Waals surface area contributed by atoms with E-state index >= 15 is 0 Å². The highest BCUT2D eigenvalue weighted by atomic mass is 35.5. The van der Waals surface area contributed by atoms with Crippen molar-refractivity contribution in [3.05, 3.63) is 58.1 Å². The van der Waals surface area contributed by atoms with Crippen molar-refractivity contribution in [2.75, 3.05) is 31.7 Å². The average molecular weight is 554 g/mol. The van der Waals surface area contributed by atoms with E-state index in [0.29, 0.717) is 24.4 Å². The van der Waals surface area contributed by atoms with E-state index in [0.717, 1.165) is 87.3 Å². The van der Waals surface area contributed by atoms with Crippen molar-refractivity contribution < 1.29 is 24.5 Å². The molecule has 7 heteroatoms. The first kappa shape index (κ1) is 26.9. The molecule has 1 aliphatic heterocycles. The minimum Gasteiger partial charge on any atom is -0.490 e. The molecule has 2 fully saturated rings. The number of halogens is 1. The fourth-order valence-corrected chi connectivity index (χ4v) is 8.19. The van der Waals surface area contributed by atoms with Gasteiger partial charge in [0.25, 0.3) is 0 Å². The Morgan fingerprint density at radius 1 is 1.18 bits per heavy atom. The topological polar surface area (TPSA) is 79.2 Å². The zero-order chi connectivity index (χ0) is 27.1. The number of nitrogens with zero attached hydrogens (tertiary/aromatic N) is 1. The molecule has 0 saturated heterocycles. The lowest BCUT2D eigenvalue weighted by Crippen LogP contribution is -2.51. The zero-order valence-electron chi connectivity index (χ0n) is 22.8. The van der Waals surface area contributed by atoms with Crippen molar-refractivity contribution in [2.45, 2.75) is 75.4 Å². The Morgan fingerprint density at radius 2 is 2.05 bits per heavy atom. The van der Waals surface area contributed by atoms with Gasteiger partial charge in [-0.05, 0) is 111 Å². The van der Waals surface area contributed by atoms with Gasteiger partial charge < -0.3 is 24.6 Å². The number of fused-ring (bicyclic) bond motifs is 3. The van der Waals surface area contributed by atoms with Gasteiger partial charge in [-0.3, -0.25) is 0 Å². The van der Waals surface area contributed by atoms with Gasteiger partial charge in [-0.1, -0.05) is 24.1 Å². The summed E-state index contributed by atoms with van der Waals surface area (Å²) in [7, 11) is 1.83. The van der Waals surface area contributed by atoms with Crippen LogP contribution in [-0.2, 0) is 16.6 Å². The van der Waals surface area contributed by atoms with Gasteiger partial charge >= 0.3 is 5.97 Å². The molecule has 2 aromatic rings. The lowest BCUT2D eigenvalue weighted by atomic mass is 9.65. The number of carboxylic acid groups (broad SMARTS) is 1. The van der Waals surface area contributed by atoms with Crippen LogP contribution in [-0.4, -0.2) is 55.2 Å². The maximum absolute atomic E-state index is 11.9. The van der Waals surface area contributed by atoms with Gasteiger partial charge in [-0.25, -0.2) is 4.79 Å². The van der Waals surface area contributed by atoms with Crippen LogP contribution < -0.4 is 9.64 Å². The van der Waals surface area contributed by atoms with Crippen LogP contribution in [0.15, 0.2) is 36.4 Å². The molecule has 6 nitrogen and oxygen atoms in total. The molecule has 210 valence electrons. The molecule has 4 aliphatic rings. The maximum atomic E-state index is 11.9. The highest BCUT2D eigenvalue weighted by molar-refractivity contribution is 6.30. The van der Waals surface area contributed by atoms with Crippen molar-refractivity contribution in [3.63, 3.8) is 0 Å². The predicted molar refractivity (Wildman–Crippen MR) is 152 cm³/mol. The van der Waals surface area contributed by atoms with E-state index in [9.17, 15) is 15.0 Å². The Balaban J connectivity index is 1.32. The molecule has 0 bridgehead atoms. The first-order valence-electron chi connectivity index (χ1n) is 14.6. The zero-order valence-corrected chi connectivity index (χ0v) is 23.5. The number of aliphatic hydroxyl groups is 1. The van der Waals surface area contributed by atoms with Gasteiger partial charge in [0.05, 0.1) is 30.1 Å². The van der Waals surface area contributed by atoms with E-state index in [-0.39, 0.29) is 23.2 Å². The summed E-state index contributed by atoms with van der Waals surface area (Å²) in [5, 5.41) is 20.9. The molecule has 6 atom stereocenters. The van der Waals surface area contributed by atoms with E-state index in [1.54, 1.807) is 12.1 Å². The van der Waals surface area contributed by atoms with Crippen molar-refractivity contribution in [3.8, 4) is 5.75 Å². The number of hydrogen-bond acceptors (Lipinski definition) is 5. The summed E-state index contributed by atoms with van der Waals surface area (Å²) < 4.78 is 12.6. The summed E-state index contributed by atoms with van der Waals surface area (Å²) in [5.74, 6) is 1.11. The molecule has 0 aromatic heterocycles. The smallest absolute Gasteiger partial charge is 0.335 e. The van der Waals surface area contributed by atoms with Crippen LogP contribution >= 0.6 is 11.6 Å². The highest BCUT2D eigenvalue weighted by Gasteiger charge is 2.46. The summed E-state index contributed by atoms with van der Waals surface area (Å²) in [6.07, 6.45) is 9.20. The number of hydrogen-bond donors (Lipinski definition) is 2. The summed E-state index contributed by atoms with van der Waals surface area (Å²) >= 11 is 6.39. The Labute approximate surface area is 236 Å². The minimum absolute atomic E-state index is 0.151. The van der Waals surface area contributed by atoms with Crippen LogP contribution in [0.5, 0.6) is 5.75 Å². The van der Waals surface area contributed by atoms with Crippen LogP contribution in [0.25, 0.3) is 0 Å². The summed E-state index contributed by atoms with van der Waals surface area (Å²) in [6.45, 7) is 2.18. The molecule has 6 rings (SSSR count). The second-order valence-corrected chi connectivity index (χ2v) is 12.8. The Kier molecular flexibility index (Phi) is 7.55. The van der Waals surface area contributed by atoms with Crippen LogP contribution in [0.1, 0.15) is 72.9 Å². The number of carboxylic acids is 1. The third kappa shape index (κ3) is 5.16. The van der Waals surface area contributed by atoms with Gasteiger partial charge in [0.15, 0.2) is 0 Å². The fourth-order valence-electron chi connectivity index (χ4n) is 8.00. The number of methoxy groups -OCH3 is 1. The molecule has 0 radical (unpaired) electrons. The first-order valence-corrected chi connectivity index (χ1v) is 15.0. The highest BCUT2D eigenvalue weighted by Crippen LogP contribution is 2.48. The quantitative estimate of drug-likeness (QED) is 0.450. The van der Waals surface area contributed by atoms with Gasteiger partial charge in [0.2, 0.25) is 0 Å². The number of aliphatic hydroxyl groups excluding tert-OH is 1. The normalized spacial score (nSPS) is 30.9. The second-order valence-electron chi connectivity index (χ2n) is 12.4. The second kappa shape index (κ2) is 10.9. The number of carbonyl (C=O) groups is 1. The van der Waals surface area contributed by atoms with E-state index in [1.807, 2.05) is 19.2 Å². The molecule has 2 N–H and O–H groups in total. The molecule has 2 aromatic carbocycles. The number of aryl methyl sites for hydroxylation is 1. The molecule has 2 saturated carbocycles. The molecule has 2 unspecified atom stereocenters. The third-order valence-electron chi connectivity index (χ3n) is 10.1. The van der Waals surface area contributed by atoms with E-state index in [1.165, 1.54) is 11.1 Å². The lowest BCUT2D eigenvalue weighted by molar-refractivity contribution is -0.0721. The maximum Gasteiger partial charge on any atom is 0.335 e. The van der Waals surface area contributed by atoms with Crippen molar-refractivity contribution in [2.24, 2.45) is 17.8 Å². The SMILES string of the molecule is COC([C@H]1CCC[C@@H](O)C1)[C@@H]1CC[C@H]1CN1CC2(CCCc3cc(Cl)ccc32)COc2ccc(C(=O)O)cc21. The summed E-state index contributed by atoms with van der Waals surface area (Å²) in [5.41, 5.74) is 3.58. The van der Waals surface area contributed by atoms with Crippen molar-refractivity contribution in [1.82, 2.24) is 0 Å². The summed E-state index contributed by atoms with van der Waals surface area (Å²) in [6, 6.07) is 11.5. The number of anilines is 1. The van der Waals surface area contributed by atoms with Crippen LogP contribution in [0.4, 0.5) is 5.69 Å². The summed E-state index contributed by atoms with van der Waals surface area (Å²) in [4.78, 5) is 14.3. The third-order valence-corrected chi connectivity index (χ3v) is 10.3. The van der Waals surface area contributed by atoms with Crippen LogP contribution in [0.3, 0.4) is 0 Å². The van der Waals surface area contributed by atoms with E-state index in [2.05, 4.69) is 17.0 Å². The largest absolute Gasteiger partial charge is 0.490 e. The molecule has 39 heavy (non-hydrogen) atoms. The average Bonchev–Trinajstić information content (AvgIpc) is 3.06. The molecule has 1 heterocycles. The minimum atomic E-state index is -0.925. The molecule has 1 spiro atoms. The van der Waals surface area contributed by atoms with Crippen LogP contribution in [0, 0.1) is 17.8 Å². The van der Waals surface area contributed by atoms with E-state index in [4.69, 9.17) is 21.1 Å². The predicted octanol–water partition coefficient (Wildman–Crippen LogP) is 6.10. The van der Waals surface area contributed by atoms with Gasteiger partial charge in [0.1, 0.15) is 5.75 Å². The lowest BCUT2D eigenvalue weighted by Gasteiger charge is -2.48. The fraction of sp³-hybridized carbons (Fsp3) is 0.594. The molecular formula is C32H40ClNO5. The van der Waals surface area contributed by atoms with Crippen molar-refractivity contribution >= 4 is 23.3 Å². The van der Waals surface area contributed by atoms with Gasteiger partial charge in [-0.2, -0.15) is 0 Å². The number of rotatable bonds is 6. The Morgan fingerprint density at radius 3 is 2.79 bits per heavy atom. The molecule has 0 amide bonds. The first-order chi connectivity index (χ1) is 18.9. The number of aromatic carboxylic acids is 1. The molecular weight excluding hydrogens is 514 g/mol. The van der Waals surface area contributed by atoms with Gasteiger partial charge in [0, 0.05) is 30.6 Å². The van der Waals surface area contributed by atoms with Crippen molar-refractivity contribution in [1.29, 1.82) is 0 Å². The molecule has 3 aliphatic carbocycles. The number of ether oxygens (including phenoxy) is 2. The monoisotopic (exact) mass is 553 g/mol. The Hall–Kier alpha value is -2.28. The number of benzene rings is 2. The van der Waals surface area contributed by atoms with Crippen LogP contribution in [0.2, 0.25) is 5.02 Å². The van der Waals surface area contributed by atoms with Gasteiger partial charge in [-0.15, -0.1) is 0 Å². The van der Waals surface area contributed by atoms with E-state index < -0.39 is 5.97 Å².